The number of aliphatic imine (C=N–C) groups is 1. The van der Waals surface area contributed by atoms with Gasteiger partial charge in [0.2, 0.25) is 0 Å². The van der Waals surface area contributed by atoms with Crippen molar-refractivity contribution in [2.45, 2.75) is 46.1 Å². The lowest BCUT2D eigenvalue weighted by Gasteiger charge is -2.11. The van der Waals surface area contributed by atoms with Crippen LogP contribution in [0.5, 0.6) is 0 Å². The van der Waals surface area contributed by atoms with Crippen LogP contribution in [0.2, 0.25) is 0 Å². The molecule has 0 atom stereocenters. The van der Waals surface area contributed by atoms with Gasteiger partial charge in [-0.15, -0.1) is 40.8 Å². The molecule has 0 amide bonds. The Balaban J connectivity index is 0.00000441. The predicted octanol–water partition coefficient (Wildman–Crippen LogP) is 2.54. The van der Waals surface area contributed by atoms with Crippen molar-refractivity contribution in [3.05, 3.63) is 24.3 Å². The maximum Gasteiger partial charge on any atom is 0.191 e. The molecule has 0 radical (unpaired) electrons. The minimum atomic E-state index is 0. The van der Waals surface area contributed by atoms with E-state index in [1.807, 2.05) is 24.6 Å². The molecular formula is C15H29IN6. The summed E-state index contributed by atoms with van der Waals surface area (Å²) in [6.07, 6.45) is 6.76. The van der Waals surface area contributed by atoms with Crippen LogP contribution in [-0.4, -0.2) is 33.8 Å². The number of guanidine groups is 1. The Morgan fingerprint density at radius 1 is 1.27 bits per heavy atom. The highest BCUT2D eigenvalue weighted by molar-refractivity contribution is 14.0. The van der Waals surface area contributed by atoms with Crippen LogP contribution in [0.15, 0.2) is 17.6 Å². The molecule has 0 aliphatic carbocycles. The van der Waals surface area contributed by atoms with Crippen LogP contribution in [-0.2, 0) is 13.6 Å². The van der Waals surface area contributed by atoms with Crippen LogP contribution in [0, 0.1) is 6.92 Å². The van der Waals surface area contributed by atoms with Gasteiger partial charge in [-0.2, -0.15) is 0 Å². The van der Waals surface area contributed by atoms with Crippen molar-refractivity contribution in [1.29, 1.82) is 0 Å². The van der Waals surface area contributed by atoms with Crippen molar-refractivity contribution in [1.82, 2.24) is 25.4 Å². The standard InChI is InChI=1S/C15H28N6.HI/c1-5-7-8-9-11-17-15(16-10-6-2)18-12-14-20-19-13(3)21(14)4;/h6H,2,5,7-12H2,1,3-4H3,(H2,16,17,18);1H. The molecule has 1 aromatic heterocycles. The number of rotatable bonds is 9. The van der Waals surface area contributed by atoms with E-state index in [-0.39, 0.29) is 24.0 Å². The number of nitrogens with zero attached hydrogens (tertiary/aromatic N) is 4. The first-order chi connectivity index (χ1) is 10.2. The maximum atomic E-state index is 4.55. The van der Waals surface area contributed by atoms with Gasteiger partial charge in [0.1, 0.15) is 12.4 Å². The highest BCUT2D eigenvalue weighted by Gasteiger charge is 2.04. The third-order valence-electron chi connectivity index (χ3n) is 3.30. The summed E-state index contributed by atoms with van der Waals surface area (Å²) in [6, 6.07) is 0. The van der Waals surface area contributed by atoms with E-state index in [1.54, 1.807) is 0 Å². The second-order valence-corrected chi connectivity index (χ2v) is 5.04. The Morgan fingerprint density at radius 3 is 2.64 bits per heavy atom. The predicted molar refractivity (Wildman–Crippen MR) is 103 cm³/mol. The summed E-state index contributed by atoms with van der Waals surface area (Å²) in [7, 11) is 1.95. The molecule has 22 heavy (non-hydrogen) atoms. The molecular weight excluding hydrogens is 391 g/mol. The van der Waals surface area contributed by atoms with Crippen molar-refractivity contribution >= 4 is 29.9 Å². The summed E-state index contributed by atoms with van der Waals surface area (Å²) < 4.78 is 1.95. The molecule has 1 aromatic rings. The zero-order valence-electron chi connectivity index (χ0n) is 13.9. The monoisotopic (exact) mass is 420 g/mol. The third-order valence-corrected chi connectivity index (χ3v) is 3.30. The normalized spacial score (nSPS) is 11.0. The van der Waals surface area contributed by atoms with E-state index >= 15 is 0 Å². The first-order valence-electron chi connectivity index (χ1n) is 7.67. The topological polar surface area (TPSA) is 67.1 Å². The summed E-state index contributed by atoms with van der Waals surface area (Å²) >= 11 is 0. The lowest BCUT2D eigenvalue weighted by atomic mass is 10.2. The van der Waals surface area contributed by atoms with E-state index < -0.39 is 0 Å². The van der Waals surface area contributed by atoms with Gasteiger partial charge in [-0.05, 0) is 13.3 Å². The molecule has 0 unspecified atom stereocenters. The minimum absolute atomic E-state index is 0. The Kier molecular flexibility index (Phi) is 11.8. The van der Waals surface area contributed by atoms with Gasteiger partial charge < -0.3 is 15.2 Å². The van der Waals surface area contributed by atoms with E-state index in [1.165, 1.54) is 19.3 Å². The van der Waals surface area contributed by atoms with Gasteiger partial charge in [-0.1, -0.05) is 32.3 Å². The molecule has 0 fully saturated rings. The molecule has 1 rings (SSSR count). The largest absolute Gasteiger partial charge is 0.356 e. The quantitative estimate of drug-likeness (QED) is 0.212. The first kappa shape index (κ1) is 20.9. The molecule has 0 spiro atoms. The van der Waals surface area contributed by atoms with Crippen molar-refractivity contribution in [2.24, 2.45) is 12.0 Å². The molecule has 0 saturated carbocycles. The van der Waals surface area contributed by atoms with E-state index in [9.17, 15) is 0 Å². The summed E-state index contributed by atoms with van der Waals surface area (Å²) in [5.74, 6) is 2.55. The molecule has 0 aliphatic rings. The molecule has 0 aliphatic heterocycles. The highest BCUT2D eigenvalue weighted by Crippen LogP contribution is 1.99. The number of unbranched alkanes of at least 4 members (excludes halogenated alkanes) is 3. The Labute approximate surface area is 150 Å². The smallest absolute Gasteiger partial charge is 0.191 e. The summed E-state index contributed by atoms with van der Waals surface area (Å²) in [5.41, 5.74) is 0. The van der Waals surface area contributed by atoms with Gasteiger partial charge >= 0.3 is 0 Å². The number of halogens is 1. The highest BCUT2D eigenvalue weighted by atomic mass is 127. The third kappa shape index (κ3) is 7.77. The van der Waals surface area contributed by atoms with Gasteiger partial charge in [0.25, 0.3) is 0 Å². The SMILES string of the molecule is C=CCNC(=NCc1nnc(C)n1C)NCCCCCC.I. The average Bonchev–Trinajstić information content (AvgIpc) is 2.80. The second kappa shape index (κ2) is 12.4. The fraction of sp³-hybridized carbons (Fsp3) is 0.667. The van der Waals surface area contributed by atoms with Crippen molar-refractivity contribution < 1.29 is 0 Å². The molecule has 1 heterocycles. The average molecular weight is 420 g/mol. The molecule has 6 nitrogen and oxygen atoms in total. The van der Waals surface area contributed by atoms with Crippen LogP contribution in [0.25, 0.3) is 0 Å². The molecule has 126 valence electrons. The van der Waals surface area contributed by atoms with Gasteiger partial charge in [-0.3, -0.25) is 0 Å². The van der Waals surface area contributed by atoms with Gasteiger partial charge in [0, 0.05) is 20.1 Å². The number of aromatic nitrogens is 3. The Morgan fingerprint density at radius 2 is 2.05 bits per heavy atom. The number of nitrogens with one attached hydrogen (secondary N) is 2. The number of hydrogen-bond acceptors (Lipinski definition) is 3. The van der Waals surface area contributed by atoms with E-state index in [4.69, 9.17) is 0 Å². The first-order valence-corrected chi connectivity index (χ1v) is 7.67. The number of aryl methyl sites for hydroxylation is 1. The minimum Gasteiger partial charge on any atom is -0.356 e. The molecule has 2 N–H and O–H groups in total. The molecule has 0 aromatic carbocycles. The van der Waals surface area contributed by atoms with Crippen LogP contribution in [0.1, 0.15) is 44.3 Å². The molecule has 7 heteroatoms. The van der Waals surface area contributed by atoms with Gasteiger partial charge in [-0.25, -0.2) is 4.99 Å². The van der Waals surface area contributed by atoms with Crippen molar-refractivity contribution in [3.63, 3.8) is 0 Å². The van der Waals surface area contributed by atoms with Crippen molar-refractivity contribution in [2.75, 3.05) is 13.1 Å². The van der Waals surface area contributed by atoms with Gasteiger partial charge in [0.15, 0.2) is 11.8 Å². The molecule has 0 bridgehead atoms. The Bertz CT molecular complexity index is 455. The van der Waals surface area contributed by atoms with Crippen LogP contribution in [0.4, 0.5) is 0 Å². The number of hydrogen-bond donors (Lipinski definition) is 2. The fourth-order valence-corrected chi connectivity index (χ4v) is 1.84. The summed E-state index contributed by atoms with van der Waals surface area (Å²) in [5, 5.41) is 14.7. The maximum absolute atomic E-state index is 4.55. The second-order valence-electron chi connectivity index (χ2n) is 5.04. The zero-order valence-corrected chi connectivity index (χ0v) is 16.3. The van der Waals surface area contributed by atoms with Crippen LogP contribution < -0.4 is 10.6 Å². The Hall–Kier alpha value is -1.12. The zero-order chi connectivity index (χ0) is 15.5. The summed E-state index contributed by atoms with van der Waals surface area (Å²) in [6.45, 7) is 10.0. The van der Waals surface area contributed by atoms with Gasteiger partial charge in [0.05, 0.1) is 0 Å². The van der Waals surface area contributed by atoms with Crippen LogP contribution in [0.3, 0.4) is 0 Å². The molecule has 0 saturated heterocycles. The fourth-order valence-electron chi connectivity index (χ4n) is 1.84. The summed E-state index contributed by atoms with van der Waals surface area (Å²) in [4.78, 5) is 4.55. The lowest BCUT2D eigenvalue weighted by molar-refractivity contribution is 0.647. The van der Waals surface area contributed by atoms with Crippen molar-refractivity contribution in [3.8, 4) is 0 Å². The van der Waals surface area contributed by atoms with Crippen LogP contribution >= 0.6 is 24.0 Å². The van der Waals surface area contributed by atoms with E-state index in [2.05, 4.69) is 39.3 Å². The lowest BCUT2D eigenvalue weighted by Crippen LogP contribution is -2.38. The van der Waals surface area contributed by atoms with E-state index in [0.717, 1.165) is 30.6 Å². The van der Waals surface area contributed by atoms with E-state index in [0.29, 0.717) is 13.1 Å².